The molecule has 2 aromatic rings. The first-order valence-electron chi connectivity index (χ1n) is 13.0. The van der Waals surface area contributed by atoms with Crippen LogP contribution in [0, 0.1) is 11.3 Å². The van der Waals surface area contributed by atoms with E-state index < -0.39 is 20.4 Å². The predicted molar refractivity (Wildman–Crippen MR) is 157 cm³/mol. The van der Waals surface area contributed by atoms with Crippen LogP contribution in [-0.2, 0) is 25.2 Å². The number of nitriles is 1. The standard InChI is InChI=1S/C25H29Cl2N5O5S.H2O4S/c26-19-14-20(27)16-22(15-19)37-23-2-1-18(17-28)13-24(23)38(34,35)32-6-3-21(4-7-32)30-25(33)29-5-8-31-9-11-36-12-10-31;1-5(2,3)4/h1-2,13-16,21H,3-12H2,(H2,29,30,33);(H2,1,2,3,4). The van der Waals surface area contributed by atoms with Gasteiger partial charge in [-0.1, -0.05) is 23.2 Å². The Morgan fingerprint density at radius 3 is 2.21 bits per heavy atom. The SMILES string of the molecule is N#Cc1ccc(Oc2cc(Cl)cc(Cl)c2)c(S(=O)(=O)N2CCC(NC(=O)NCCN3CCOCC3)CC2)c1.O=S(=O)(O)O. The normalized spacial score (nSPS) is 16.8. The van der Waals surface area contributed by atoms with E-state index in [4.69, 9.17) is 50.2 Å². The molecule has 2 heterocycles. The second kappa shape index (κ2) is 15.8. The Hall–Kier alpha value is -2.72. The number of benzene rings is 2. The average Bonchev–Trinajstić information content (AvgIpc) is 2.92. The van der Waals surface area contributed by atoms with Gasteiger partial charge in [-0.2, -0.15) is 18.0 Å². The van der Waals surface area contributed by atoms with Crippen LogP contribution in [0.5, 0.6) is 11.5 Å². The van der Waals surface area contributed by atoms with E-state index in [1.165, 1.54) is 40.7 Å². The number of rotatable bonds is 8. The molecule has 0 atom stereocenters. The number of nitrogens with zero attached hydrogens (tertiary/aromatic N) is 3. The fraction of sp³-hybridized carbons (Fsp3) is 0.440. The van der Waals surface area contributed by atoms with Crippen molar-refractivity contribution >= 4 is 49.7 Å². The maximum absolute atomic E-state index is 13.6. The van der Waals surface area contributed by atoms with Gasteiger partial charge < -0.3 is 20.1 Å². The van der Waals surface area contributed by atoms with Crippen LogP contribution in [0.1, 0.15) is 18.4 Å². The number of carbonyl (C=O) groups excluding carboxylic acids is 1. The van der Waals surface area contributed by atoms with Gasteiger partial charge >= 0.3 is 16.4 Å². The lowest BCUT2D eigenvalue weighted by Crippen LogP contribution is -2.50. The number of amides is 2. The van der Waals surface area contributed by atoms with Crippen molar-refractivity contribution in [3.05, 3.63) is 52.0 Å². The molecule has 2 aliphatic heterocycles. The zero-order valence-corrected chi connectivity index (χ0v) is 25.9. The predicted octanol–water partition coefficient (Wildman–Crippen LogP) is 2.79. The van der Waals surface area contributed by atoms with Crippen molar-refractivity contribution in [2.45, 2.75) is 23.8 Å². The van der Waals surface area contributed by atoms with E-state index in [0.29, 0.717) is 42.6 Å². The van der Waals surface area contributed by atoms with Crippen molar-refractivity contribution in [2.75, 3.05) is 52.5 Å². The van der Waals surface area contributed by atoms with E-state index in [1.54, 1.807) is 0 Å². The van der Waals surface area contributed by atoms with Crippen molar-refractivity contribution < 1.29 is 40.2 Å². The summed E-state index contributed by atoms with van der Waals surface area (Å²) >= 11 is 12.1. The van der Waals surface area contributed by atoms with Gasteiger partial charge in [0.2, 0.25) is 10.0 Å². The molecule has 236 valence electrons. The van der Waals surface area contributed by atoms with Crippen molar-refractivity contribution in [1.29, 1.82) is 5.26 Å². The van der Waals surface area contributed by atoms with Crippen molar-refractivity contribution in [2.24, 2.45) is 0 Å². The molecule has 0 unspecified atom stereocenters. The van der Waals surface area contributed by atoms with Gasteiger partial charge in [0.25, 0.3) is 0 Å². The van der Waals surface area contributed by atoms with E-state index in [-0.39, 0.29) is 47.1 Å². The highest BCUT2D eigenvalue weighted by Crippen LogP contribution is 2.35. The van der Waals surface area contributed by atoms with Gasteiger partial charge in [-0.3, -0.25) is 14.0 Å². The molecule has 2 fully saturated rings. The molecule has 0 aliphatic carbocycles. The van der Waals surface area contributed by atoms with E-state index in [0.717, 1.165) is 19.6 Å². The van der Waals surface area contributed by atoms with Gasteiger partial charge in [0.05, 0.1) is 24.8 Å². The highest BCUT2D eigenvalue weighted by atomic mass is 35.5. The van der Waals surface area contributed by atoms with E-state index in [9.17, 15) is 18.5 Å². The minimum Gasteiger partial charge on any atom is -0.456 e. The molecular weight excluding hydrogens is 649 g/mol. The van der Waals surface area contributed by atoms with Crippen LogP contribution in [0.15, 0.2) is 41.3 Å². The third kappa shape index (κ3) is 11.7. The molecule has 2 amide bonds. The molecule has 0 bridgehead atoms. The number of halogens is 2. The van der Waals surface area contributed by atoms with Crippen molar-refractivity contribution in [1.82, 2.24) is 19.8 Å². The van der Waals surface area contributed by atoms with Crippen LogP contribution in [-0.4, -0.2) is 99.7 Å². The van der Waals surface area contributed by atoms with Crippen LogP contribution < -0.4 is 15.4 Å². The first-order valence-corrected chi connectivity index (χ1v) is 16.6. The molecule has 43 heavy (non-hydrogen) atoms. The van der Waals surface area contributed by atoms with Crippen molar-refractivity contribution in [3.8, 4) is 17.6 Å². The number of ether oxygens (including phenoxy) is 2. The molecule has 18 heteroatoms. The Morgan fingerprint density at radius 1 is 1.02 bits per heavy atom. The third-order valence-electron chi connectivity index (χ3n) is 6.36. The Bertz CT molecular complexity index is 1500. The molecule has 2 aromatic carbocycles. The molecule has 0 saturated carbocycles. The fourth-order valence-electron chi connectivity index (χ4n) is 4.35. The molecule has 0 aromatic heterocycles. The quantitative estimate of drug-likeness (QED) is 0.299. The Balaban J connectivity index is 0.000000934. The Kier molecular flexibility index (Phi) is 12.8. The van der Waals surface area contributed by atoms with Gasteiger partial charge in [-0.25, -0.2) is 13.2 Å². The number of morpholine rings is 1. The zero-order valence-electron chi connectivity index (χ0n) is 22.8. The summed E-state index contributed by atoms with van der Waals surface area (Å²) in [6, 6.07) is 10.3. The molecular formula is C25H31Cl2N5O9S2. The molecule has 0 radical (unpaired) electrons. The number of carbonyl (C=O) groups is 1. The minimum absolute atomic E-state index is 0.0576. The lowest BCUT2D eigenvalue weighted by Gasteiger charge is -2.32. The summed E-state index contributed by atoms with van der Waals surface area (Å²) in [6.07, 6.45) is 0.905. The highest BCUT2D eigenvalue weighted by molar-refractivity contribution is 7.89. The van der Waals surface area contributed by atoms with Gasteiger partial charge in [0.15, 0.2) is 0 Å². The first kappa shape index (κ1) is 34.8. The lowest BCUT2D eigenvalue weighted by atomic mass is 10.1. The summed E-state index contributed by atoms with van der Waals surface area (Å²) in [5.74, 6) is 0.327. The second-order valence-electron chi connectivity index (χ2n) is 9.46. The van der Waals surface area contributed by atoms with Gasteiger partial charge in [-0.05, 0) is 49.2 Å². The first-order chi connectivity index (χ1) is 20.2. The lowest BCUT2D eigenvalue weighted by molar-refractivity contribution is 0.0387. The zero-order chi connectivity index (χ0) is 31.6. The molecule has 4 rings (SSSR count). The number of piperidine rings is 1. The molecule has 14 nitrogen and oxygen atoms in total. The molecule has 2 aliphatic rings. The largest absolute Gasteiger partial charge is 0.456 e. The minimum atomic E-state index is -4.67. The summed E-state index contributed by atoms with van der Waals surface area (Å²) < 4.78 is 71.3. The smallest absolute Gasteiger partial charge is 0.394 e. The summed E-state index contributed by atoms with van der Waals surface area (Å²) in [5, 5.41) is 15.8. The number of sulfonamides is 1. The van der Waals surface area contributed by atoms with Crippen LogP contribution >= 0.6 is 23.2 Å². The number of nitrogens with one attached hydrogen (secondary N) is 2. The van der Waals surface area contributed by atoms with Crippen molar-refractivity contribution in [3.63, 3.8) is 0 Å². The van der Waals surface area contributed by atoms with Gasteiger partial charge in [0.1, 0.15) is 16.4 Å². The van der Waals surface area contributed by atoms with E-state index in [1.807, 2.05) is 6.07 Å². The fourth-order valence-corrected chi connectivity index (χ4v) is 6.46. The average molecular weight is 681 g/mol. The third-order valence-corrected chi connectivity index (χ3v) is 8.72. The maximum atomic E-state index is 13.6. The summed E-state index contributed by atoms with van der Waals surface area (Å²) in [5.41, 5.74) is 0.186. The van der Waals surface area contributed by atoms with Crippen LogP contribution in [0.3, 0.4) is 0 Å². The Labute approximate surface area is 260 Å². The maximum Gasteiger partial charge on any atom is 0.394 e. The van der Waals surface area contributed by atoms with Gasteiger partial charge in [0, 0.05) is 55.4 Å². The van der Waals surface area contributed by atoms with E-state index >= 15 is 0 Å². The molecule has 0 spiro atoms. The van der Waals surface area contributed by atoms with Crippen LogP contribution in [0.25, 0.3) is 0 Å². The number of hydrogen-bond donors (Lipinski definition) is 4. The van der Waals surface area contributed by atoms with E-state index in [2.05, 4.69) is 15.5 Å². The summed E-state index contributed by atoms with van der Waals surface area (Å²) in [6.45, 7) is 4.81. The topological polar surface area (TPSA) is 199 Å². The number of urea groups is 1. The monoisotopic (exact) mass is 679 g/mol. The second-order valence-corrected chi connectivity index (χ2v) is 13.1. The van der Waals surface area contributed by atoms with Gasteiger partial charge in [-0.15, -0.1) is 0 Å². The molecule has 4 N–H and O–H groups in total. The highest BCUT2D eigenvalue weighted by Gasteiger charge is 2.32. The number of hydrogen-bond acceptors (Lipinski definition) is 9. The molecule has 2 saturated heterocycles. The summed E-state index contributed by atoms with van der Waals surface area (Å²) in [7, 11) is -8.66. The Morgan fingerprint density at radius 2 is 1.63 bits per heavy atom. The summed E-state index contributed by atoms with van der Waals surface area (Å²) in [4.78, 5) is 14.4. The van der Waals surface area contributed by atoms with Crippen LogP contribution in [0.2, 0.25) is 10.0 Å². The van der Waals surface area contributed by atoms with Crippen LogP contribution in [0.4, 0.5) is 4.79 Å².